The highest BCUT2D eigenvalue weighted by molar-refractivity contribution is 5.77. The van der Waals surface area contributed by atoms with Crippen LogP contribution in [0, 0.1) is 0 Å². The normalized spacial score (nSPS) is 21.7. The fraction of sp³-hybridized carbons (Fsp3) is 0.800. The van der Waals surface area contributed by atoms with Crippen LogP contribution < -0.4 is 5.32 Å². The molecule has 1 aliphatic heterocycles. The molecule has 0 radical (unpaired) electrons. The predicted octanol–water partition coefficient (Wildman–Crippen LogP) is 0.280. The molecule has 1 rings (SSSR count). The lowest BCUT2D eigenvalue weighted by Gasteiger charge is -2.33. The number of amides is 2. The molecule has 6 nitrogen and oxygen atoms in total. The molecule has 0 saturated carbocycles. The van der Waals surface area contributed by atoms with E-state index in [1.54, 1.807) is 0 Å². The molecule has 2 amide bonds. The predicted molar refractivity (Wildman–Crippen MR) is 57.2 cm³/mol. The summed E-state index contributed by atoms with van der Waals surface area (Å²) in [5.41, 5.74) is -0.325. The van der Waals surface area contributed by atoms with Crippen LogP contribution in [-0.4, -0.2) is 53.3 Å². The first-order valence-corrected chi connectivity index (χ1v) is 5.21. The third-order valence-electron chi connectivity index (χ3n) is 2.11. The van der Waals surface area contributed by atoms with Gasteiger partial charge in [0.1, 0.15) is 0 Å². The van der Waals surface area contributed by atoms with Gasteiger partial charge in [0.2, 0.25) is 0 Å². The Labute approximate surface area is 94.6 Å². The first-order valence-electron chi connectivity index (χ1n) is 5.21. The molecule has 6 heteroatoms. The molecular weight excluding hydrogens is 212 g/mol. The summed E-state index contributed by atoms with van der Waals surface area (Å²) in [6.07, 6.45) is -0.917. The molecule has 0 aromatic carbocycles. The topological polar surface area (TPSA) is 78.9 Å². The van der Waals surface area contributed by atoms with Gasteiger partial charge in [-0.2, -0.15) is 0 Å². The summed E-state index contributed by atoms with van der Waals surface area (Å²) >= 11 is 0. The zero-order valence-electron chi connectivity index (χ0n) is 9.82. The van der Waals surface area contributed by atoms with Crippen LogP contribution in [0.2, 0.25) is 0 Å². The van der Waals surface area contributed by atoms with Gasteiger partial charge in [0.15, 0.2) is 6.10 Å². The number of carboxylic acids is 1. The number of carbonyl (C=O) groups excluding carboxylic acids is 1. The van der Waals surface area contributed by atoms with Crippen molar-refractivity contribution >= 4 is 12.0 Å². The van der Waals surface area contributed by atoms with Crippen LogP contribution in [0.5, 0.6) is 0 Å². The average molecular weight is 230 g/mol. The van der Waals surface area contributed by atoms with E-state index in [0.29, 0.717) is 6.54 Å². The minimum absolute atomic E-state index is 0.0945. The number of urea groups is 1. The zero-order valence-corrected chi connectivity index (χ0v) is 9.82. The van der Waals surface area contributed by atoms with Gasteiger partial charge in [0.25, 0.3) is 0 Å². The lowest BCUT2D eigenvalue weighted by atomic mass is 10.1. The highest BCUT2D eigenvalue weighted by atomic mass is 16.5. The molecule has 0 aromatic rings. The molecule has 1 unspecified atom stereocenters. The lowest BCUT2D eigenvalue weighted by molar-refractivity contribution is -0.154. The highest BCUT2D eigenvalue weighted by Gasteiger charge is 2.30. The quantitative estimate of drug-likeness (QED) is 0.678. The molecule has 16 heavy (non-hydrogen) atoms. The number of rotatable bonds is 1. The van der Waals surface area contributed by atoms with Gasteiger partial charge in [0, 0.05) is 12.1 Å². The van der Waals surface area contributed by atoms with Gasteiger partial charge in [0.05, 0.1) is 13.2 Å². The minimum atomic E-state index is -1.03. The Morgan fingerprint density at radius 2 is 2.06 bits per heavy atom. The minimum Gasteiger partial charge on any atom is -0.479 e. The summed E-state index contributed by atoms with van der Waals surface area (Å²) in [5, 5.41) is 11.6. The van der Waals surface area contributed by atoms with Crippen LogP contribution in [0.4, 0.5) is 4.79 Å². The van der Waals surface area contributed by atoms with Crippen molar-refractivity contribution in [2.24, 2.45) is 0 Å². The van der Waals surface area contributed by atoms with Gasteiger partial charge in [-0.1, -0.05) is 0 Å². The van der Waals surface area contributed by atoms with E-state index >= 15 is 0 Å². The number of carbonyl (C=O) groups is 2. The summed E-state index contributed by atoms with van der Waals surface area (Å²) in [6, 6.07) is -0.248. The summed E-state index contributed by atoms with van der Waals surface area (Å²) in [5.74, 6) is -1.03. The monoisotopic (exact) mass is 230 g/mol. The largest absolute Gasteiger partial charge is 0.479 e. The van der Waals surface area contributed by atoms with Crippen molar-refractivity contribution in [3.63, 3.8) is 0 Å². The fourth-order valence-corrected chi connectivity index (χ4v) is 1.38. The molecular formula is C10H18N2O4. The molecule has 1 atom stereocenters. The summed E-state index contributed by atoms with van der Waals surface area (Å²) < 4.78 is 5.03. The summed E-state index contributed by atoms with van der Waals surface area (Å²) in [4.78, 5) is 23.9. The third kappa shape index (κ3) is 3.69. The molecule has 2 N–H and O–H groups in total. The van der Waals surface area contributed by atoms with Gasteiger partial charge < -0.3 is 20.1 Å². The Morgan fingerprint density at radius 1 is 1.44 bits per heavy atom. The molecule has 0 bridgehead atoms. The van der Waals surface area contributed by atoms with E-state index in [9.17, 15) is 9.59 Å². The zero-order chi connectivity index (χ0) is 12.3. The van der Waals surface area contributed by atoms with Gasteiger partial charge in [-0.3, -0.25) is 0 Å². The van der Waals surface area contributed by atoms with E-state index < -0.39 is 12.1 Å². The van der Waals surface area contributed by atoms with Crippen molar-refractivity contribution in [3.8, 4) is 0 Å². The number of hydrogen-bond acceptors (Lipinski definition) is 3. The van der Waals surface area contributed by atoms with Gasteiger partial charge in [-0.25, -0.2) is 9.59 Å². The van der Waals surface area contributed by atoms with Gasteiger partial charge >= 0.3 is 12.0 Å². The average Bonchev–Trinajstić information content (AvgIpc) is 2.15. The van der Waals surface area contributed by atoms with Gasteiger partial charge in [-0.15, -0.1) is 0 Å². The van der Waals surface area contributed by atoms with Crippen LogP contribution in [0.1, 0.15) is 20.8 Å². The summed E-state index contributed by atoms with van der Waals surface area (Å²) in [6.45, 7) is 6.40. The van der Waals surface area contributed by atoms with Crippen molar-refractivity contribution in [2.75, 3.05) is 19.7 Å². The van der Waals surface area contributed by atoms with Crippen LogP contribution in [0.25, 0.3) is 0 Å². The molecule has 1 heterocycles. The van der Waals surface area contributed by atoms with Crippen molar-refractivity contribution in [1.29, 1.82) is 0 Å². The number of morpholine rings is 1. The maximum Gasteiger partial charge on any atom is 0.334 e. The second-order valence-electron chi connectivity index (χ2n) is 4.82. The van der Waals surface area contributed by atoms with E-state index in [-0.39, 0.29) is 24.7 Å². The first-order chi connectivity index (χ1) is 7.29. The van der Waals surface area contributed by atoms with Crippen LogP contribution >= 0.6 is 0 Å². The van der Waals surface area contributed by atoms with Crippen LogP contribution in [0.15, 0.2) is 0 Å². The van der Waals surface area contributed by atoms with Crippen LogP contribution in [-0.2, 0) is 9.53 Å². The van der Waals surface area contributed by atoms with E-state index in [1.165, 1.54) is 4.90 Å². The molecule has 1 aliphatic rings. The third-order valence-corrected chi connectivity index (χ3v) is 2.11. The molecule has 92 valence electrons. The Bertz CT molecular complexity index is 285. The second-order valence-corrected chi connectivity index (χ2v) is 4.82. The molecule has 0 aliphatic carbocycles. The van der Waals surface area contributed by atoms with Crippen molar-refractivity contribution < 1.29 is 19.4 Å². The number of hydrogen-bond donors (Lipinski definition) is 2. The first kappa shape index (κ1) is 12.8. The smallest absolute Gasteiger partial charge is 0.334 e. The van der Waals surface area contributed by atoms with E-state index in [1.807, 2.05) is 20.8 Å². The standard InChI is InChI=1S/C10H18N2O4/c1-10(2,3)11-9(15)12-4-5-16-7(6-12)8(13)14/h7H,4-6H2,1-3H3,(H,11,15)(H,13,14). The molecule has 0 spiro atoms. The van der Waals surface area contributed by atoms with E-state index in [0.717, 1.165) is 0 Å². The lowest BCUT2D eigenvalue weighted by Crippen LogP contribution is -2.55. The van der Waals surface area contributed by atoms with E-state index in [2.05, 4.69) is 5.32 Å². The molecule has 1 saturated heterocycles. The number of nitrogens with zero attached hydrogens (tertiary/aromatic N) is 1. The Kier molecular flexibility index (Phi) is 3.74. The number of nitrogens with one attached hydrogen (secondary N) is 1. The van der Waals surface area contributed by atoms with Crippen molar-refractivity contribution in [3.05, 3.63) is 0 Å². The van der Waals surface area contributed by atoms with Crippen LogP contribution in [0.3, 0.4) is 0 Å². The highest BCUT2D eigenvalue weighted by Crippen LogP contribution is 2.07. The number of carboxylic acid groups (broad SMARTS) is 1. The Morgan fingerprint density at radius 3 is 2.56 bits per heavy atom. The number of ether oxygens (including phenoxy) is 1. The van der Waals surface area contributed by atoms with Crippen molar-refractivity contribution in [1.82, 2.24) is 10.2 Å². The molecule has 0 aromatic heterocycles. The van der Waals surface area contributed by atoms with E-state index in [4.69, 9.17) is 9.84 Å². The second kappa shape index (κ2) is 4.69. The maximum atomic E-state index is 11.7. The maximum absolute atomic E-state index is 11.7. The Balaban J connectivity index is 2.54. The SMILES string of the molecule is CC(C)(C)NC(=O)N1CCOC(C(=O)O)C1. The van der Waals surface area contributed by atoms with Gasteiger partial charge in [-0.05, 0) is 20.8 Å². The summed E-state index contributed by atoms with van der Waals surface area (Å²) in [7, 11) is 0. The number of aliphatic carboxylic acids is 1. The molecule has 1 fully saturated rings. The van der Waals surface area contributed by atoms with Crippen molar-refractivity contribution in [2.45, 2.75) is 32.4 Å². The fourth-order valence-electron chi connectivity index (χ4n) is 1.38. The Hall–Kier alpha value is -1.30.